The standard InChI is InChI=1S/C18H17BrO/c1-13-7-10-18-15(11-13)12-16(20-18)8-9-17(19)14-5-3-2-4-6-14/h2-7,10-12,17H,8-9H2,1H3. The molecule has 0 aliphatic rings. The molecule has 0 saturated heterocycles. The first-order valence-corrected chi connectivity index (χ1v) is 7.82. The predicted molar refractivity (Wildman–Crippen MR) is 87.4 cm³/mol. The molecule has 0 N–H and O–H groups in total. The molecule has 102 valence electrons. The van der Waals surface area contributed by atoms with Crippen LogP contribution >= 0.6 is 15.9 Å². The second kappa shape index (κ2) is 5.84. The van der Waals surface area contributed by atoms with Crippen molar-refractivity contribution in [2.75, 3.05) is 0 Å². The minimum atomic E-state index is 0.374. The van der Waals surface area contributed by atoms with Crippen molar-refractivity contribution in [2.24, 2.45) is 0 Å². The lowest BCUT2D eigenvalue weighted by molar-refractivity contribution is 0.538. The number of rotatable bonds is 4. The SMILES string of the molecule is Cc1ccc2oc(CCC(Br)c3ccccc3)cc2c1. The average Bonchev–Trinajstić information content (AvgIpc) is 2.87. The Hall–Kier alpha value is -1.54. The molecule has 2 heteroatoms. The molecule has 0 aliphatic carbocycles. The third kappa shape index (κ3) is 2.96. The highest BCUT2D eigenvalue weighted by Crippen LogP contribution is 2.29. The van der Waals surface area contributed by atoms with E-state index in [9.17, 15) is 0 Å². The van der Waals surface area contributed by atoms with Crippen LogP contribution in [0.5, 0.6) is 0 Å². The summed E-state index contributed by atoms with van der Waals surface area (Å²) in [5, 5.41) is 1.20. The summed E-state index contributed by atoms with van der Waals surface area (Å²) in [7, 11) is 0. The highest BCUT2D eigenvalue weighted by atomic mass is 79.9. The van der Waals surface area contributed by atoms with Crippen molar-refractivity contribution in [1.29, 1.82) is 0 Å². The van der Waals surface area contributed by atoms with Gasteiger partial charge < -0.3 is 4.42 Å². The van der Waals surface area contributed by atoms with Crippen LogP contribution in [-0.2, 0) is 6.42 Å². The van der Waals surface area contributed by atoms with Gasteiger partial charge in [-0.3, -0.25) is 0 Å². The second-order valence-electron chi connectivity index (χ2n) is 5.17. The first-order chi connectivity index (χ1) is 9.72. The molecule has 1 heterocycles. The van der Waals surface area contributed by atoms with Crippen LogP contribution in [0.3, 0.4) is 0 Å². The van der Waals surface area contributed by atoms with E-state index in [1.807, 2.05) is 6.07 Å². The van der Waals surface area contributed by atoms with E-state index in [-0.39, 0.29) is 0 Å². The summed E-state index contributed by atoms with van der Waals surface area (Å²) in [6, 6.07) is 19.0. The summed E-state index contributed by atoms with van der Waals surface area (Å²) in [6.45, 7) is 2.11. The van der Waals surface area contributed by atoms with Gasteiger partial charge in [0.1, 0.15) is 11.3 Å². The zero-order chi connectivity index (χ0) is 13.9. The molecule has 3 rings (SSSR count). The van der Waals surface area contributed by atoms with E-state index in [2.05, 4.69) is 71.4 Å². The first-order valence-electron chi connectivity index (χ1n) is 6.90. The van der Waals surface area contributed by atoms with Crippen molar-refractivity contribution in [2.45, 2.75) is 24.6 Å². The Morgan fingerprint density at radius 2 is 1.85 bits per heavy atom. The van der Waals surface area contributed by atoms with Crippen LogP contribution in [0.2, 0.25) is 0 Å². The molecular weight excluding hydrogens is 312 g/mol. The minimum absolute atomic E-state index is 0.374. The number of fused-ring (bicyclic) bond motifs is 1. The van der Waals surface area contributed by atoms with E-state index in [0.717, 1.165) is 24.2 Å². The third-order valence-electron chi connectivity index (χ3n) is 3.53. The smallest absolute Gasteiger partial charge is 0.134 e. The molecule has 0 amide bonds. The highest BCUT2D eigenvalue weighted by molar-refractivity contribution is 9.09. The fourth-order valence-corrected chi connectivity index (χ4v) is 2.97. The number of halogens is 1. The van der Waals surface area contributed by atoms with E-state index >= 15 is 0 Å². The zero-order valence-electron chi connectivity index (χ0n) is 11.5. The van der Waals surface area contributed by atoms with Crippen LogP contribution in [0, 0.1) is 6.92 Å². The van der Waals surface area contributed by atoms with Crippen LogP contribution in [0.1, 0.15) is 28.1 Å². The normalized spacial score (nSPS) is 12.7. The minimum Gasteiger partial charge on any atom is -0.461 e. The topological polar surface area (TPSA) is 13.1 Å². The lowest BCUT2D eigenvalue weighted by Gasteiger charge is -2.08. The van der Waals surface area contributed by atoms with Crippen LogP contribution < -0.4 is 0 Å². The van der Waals surface area contributed by atoms with E-state index in [4.69, 9.17) is 4.42 Å². The molecule has 2 aromatic carbocycles. The Bertz CT molecular complexity index is 700. The van der Waals surface area contributed by atoms with Gasteiger partial charge in [-0.05, 0) is 37.1 Å². The van der Waals surface area contributed by atoms with Gasteiger partial charge in [-0.2, -0.15) is 0 Å². The predicted octanol–water partition coefficient (Wildman–Crippen LogP) is 5.81. The maximum Gasteiger partial charge on any atom is 0.134 e. The van der Waals surface area contributed by atoms with E-state index < -0.39 is 0 Å². The molecule has 0 spiro atoms. The van der Waals surface area contributed by atoms with Crippen LogP contribution in [0.25, 0.3) is 11.0 Å². The molecule has 1 atom stereocenters. The van der Waals surface area contributed by atoms with Gasteiger partial charge in [0.05, 0.1) is 0 Å². The average molecular weight is 329 g/mol. The van der Waals surface area contributed by atoms with Crippen molar-refractivity contribution < 1.29 is 4.42 Å². The molecule has 1 unspecified atom stereocenters. The Morgan fingerprint density at radius 1 is 1.05 bits per heavy atom. The van der Waals surface area contributed by atoms with Gasteiger partial charge in [0, 0.05) is 16.6 Å². The van der Waals surface area contributed by atoms with Crippen LogP contribution in [-0.4, -0.2) is 0 Å². The monoisotopic (exact) mass is 328 g/mol. The van der Waals surface area contributed by atoms with Gasteiger partial charge in [0.25, 0.3) is 0 Å². The number of alkyl halides is 1. The molecule has 20 heavy (non-hydrogen) atoms. The van der Waals surface area contributed by atoms with E-state index in [1.165, 1.54) is 16.5 Å². The van der Waals surface area contributed by atoms with Crippen molar-refractivity contribution in [3.05, 3.63) is 71.5 Å². The van der Waals surface area contributed by atoms with Gasteiger partial charge in [-0.1, -0.05) is 57.9 Å². The van der Waals surface area contributed by atoms with Gasteiger partial charge in [0.2, 0.25) is 0 Å². The number of furan rings is 1. The summed E-state index contributed by atoms with van der Waals surface area (Å²) < 4.78 is 5.89. The fraction of sp³-hybridized carbons (Fsp3) is 0.222. The van der Waals surface area contributed by atoms with Crippen molar-refractivity contribution >= 4 is 26.9 Å². The third-order valence-corrected chi connectivity index (χ3v) is 4.51. The summed E-state index contributed by atoms with van der Waals surface area (Å²) >= 11 is 3.76. The number of aryl methyl sites for hydroxylation is 2. The summed E-state index contributed by atoms with van der Waals surface area (Å²) in [4.78, 5) is 0.374. The molecule has 0 fully saturated rings. The maximum atomic E-state index is 5.89. The second-order valence-corrected chi connectivity index (χ2v) is 6.28. The molecule has 1 aromatic heterocycles. The molecule has 0 aliphatic heterocycles. The highest BCUT2D eigenvalue weighted by Gasteiger charge is 2.09. The van der Waals surface area contributed by atoms with Crippen LogP contribution in [0.15, 0.2) is 59.0 Å². The van der Waals surface area contributed by atoms with Crippen LogP contribution in [0.4, 0.5) is 0 Å². The molecular formula is C18H17BrO. The largest absolute Gasteiger partial charge is 0.461 e. The number of hydrogen-bond acceptors (Lipinski definition) is 1. The van der Waals surface area contributed by atoms with E-state index in [1.54, 1.807) is 0 Å². The van der Waals surface area contributed by atoms with E-state index in [0.29, 0.717) is 4.83 Å². The molecule has 1 nitrogen and oxygen atoms in total. The lowest BCUT2D eigenvalue weighted by Crippen LogP contribution is -1.92. The zero-order valence-corrected chi connectivity index (χ0v) is 13.1. The van der Waals surface area contributed by atoms with Crippen molar-refractivity contribution in [1.82, 2.24) is 0 Å². The summed E-state index contributed by atoms with van der Waals surface area (Å²) in [5.41, 5.74) is 3.57. The lowest BCUT2D eigenvalue weighted by atomic mass is 10.1. The first kappa shape index (κ1) is 13.4. The Labute approximate surface area is 127 Å². The molecule has 0 saturated carbocycles. The van der Waals surface area contributed by atoms with Crippen molar-refractivity contribution in [3.63, 3.8) is 0 Å². The summed E-state index contributed by atoms with van der Waals surface area (Å²) in [6.07, 6.45) is 1.97. The molecule has 0 bridgehead atoms. The Kier molecular flexibility index (Phi) is 3.93. The Balaban J connectivity index is 1.71. The van der Waals surface area contributed by atoms with Gasteiger partial charge in [0.15, 0.2) is 0 Å². The molecule has 0 radical (unpaired) electrons. The number of benzene rings is 2. The van der Waals surface area contributed by atoms with Gasteiger partial charge >= 0.3 is 0 Å². The number of hydrogen-bond donors (Lipinski definition) is 0. The summed E-state index contributed by atoms with van der Waals surface area (Å²) in [5.74, 6) is 1.06. The van der Waals surface area contributed by atoms with Gasteiger partial charge in [-0.15, -0.1) is 0 Å². The fourth-order valence-electron chi connectivity index (χ4n) is 2.44. The molecule has 3 aromatic rings. The van der Waals surface area contributed by atoms with Crippen molar-refractivity contribution in [3.8, 4) is 0 Å². The van der Waals surface area contributed by atoms with Gasteiger partial charge in [-0.25, -0.2) is 0 Å². The Morgan fingerprint density at radius 3 is 2.65 bits per heavy atom. The maximum absolute atomic E-state index is 5.89. The quantitative estimate of drug-likeness (QED) is 0.551.